The molecular weight excluding hydrogens is 574 g/mol. The monoisotopic (exact) mass is 635 g/mol. The summed E-state index contributed by atoms with van der Waals surface area (Å²) in [5, 5.41) is 13.9. The summed E-state index contributed by atoms with van der Waals surface area (Å²) in [6.45, 7) is 13.3. The largest absolute Gasteiger partial charge is 0.493 e. The van der Waals surface area contributed by atoms with Crippen molar-refractivity contribution in [3.8, 4) is 11.5 Å². The van der Waals surface area contributed by atoms with E-state index in [1.807, 2.05) is 45.9 Å². The van der Waals surface area contributed by atoms with Crippen molar-refractivity contribution >= 4 is 11.9 Å². The zero-order valence-corrected chi connectivity index (χ0v) is 29.0. The Kier molecular flexibility index (Phi) is 16.1. The number of nitrogens with one attached hydrogen (secondary N) is 1. The second kappa shape index (κ2) is 18.7. The van der Waals surface area contributed by atoms with Crippen molar-refractivity contribution in [3.05, 3.63) is 23.8 Å². The van der Waals surface area contributed by atoms with Crippen LogP contribution in [0.15, 0.2) is 18.2 Å². The summed E-state index contributed by atoms with van der Waals surface area (Å²) < 4.78 is 22.2. The lowest BCUT2D eigenvalue weighted by Gasteiger charge is -2.38. The van der Waals surface area contributed by atoms with E-state index in [0.29, 0.717) is 49.9 Å². The number of hydrogen-bond acceptors (Lipinski definition) is 9. The van der Waals surface area contributed by atoms with Crippen molar-refractivity contribution in [2.75, 3.05) is 34.0 Å². The van der Waals surface area contributed by atoms with Gasteiger partial charge in [-0.05, 0) is 79.9 Å². The molecule has 1 aromatic carbocycles. The van der Waals surface area contributed by atoms with Crippen LogP contribution in [-0.4, -0.2) is 75.3 Å². The first kappa shape index (κ1) is 38.8. The molecule has 2 unspecified atom stereocenters. The van der Waals surface area contributed by atoms with Crippen LogP contribution in [0.5, 0.6) is 11.5 Å². The van der Waals surface area contributed by atoms with Gasteiger partial charge in [-0.1, -0.05) is 47.6 Å². The van der Waals surface area contributed by atoms with Gasteiger partial charge in [-0.15, -0.1) is 0 Å². The fourth-order valence-electron chi connectivity index (χ4n) is 5.93. The number of aliphatic hydroxyl groups excluding tert-OH is 1. The van der Waals surface area contributed by atoms with Gasteiger partial charge in [0.1, 0.15) is 12.1 Å². The SMILES string of the molecule is COCCCOc1cc(CC(C[C@H](N)C(O)CNC(=O)C(C)(C)C2CCC(OC(=O)[C@@H](N)C(C)C)CC2)C(C)C)ccc1OC. The number of methoxy groups -OCH3 is 2. The van der Waals surface area contributed by atoms with Crippen molar-refractivity contribution in [2.45, 2.75) is 111 Å². The maximum absolute atomic E-state index is 13.3. The van der Waals surface area contributed by atoms with Crippen LogP contribution in [0.3, 0.4) is 0 Å². The van der Waals surface area contributed by atoms with E-state index in [-0.39, 0.29) is 42.3 Å². The fourth-order valence-corrected chi connectivity index (χ4v) is 5.93. The molecule has 0 spiro atoms. The molecule has 0 saturated heterocycles. The topological polar surface area (TPSA) is 155 Å². The minimum Gasteiger partial charge on any atom is -0.493 e. The van der Waals surface area contributed by atoms with Crippen LogP contribution in [0, 0.1) is 29.1 Å². The van der Waals surface area contributed by atoms with Gasteiger partial charge >= 0.3 is 5.97 Å². The van der Waals surface area contributed by atoms with Crippen molar-refractivity contribution in [1.82, 2.24) is 5.32 Å². The van der Waals surface area contributed by atoms with Gasteiger partial charge < -0.3 is 40.8 Å². The summed E-state index contributed by atoms with van der Waals surface area (Å²) in [7, 11) is 3.30. The maximum Gasteiger partial charge on any atom is 0.323 e. The smallest absolute Gasteiger partial charge is 0.323 e. The molecule has 1 aliphatic carbocycles. The van der Waals surface area contributed by atoms with Gasteiger partial charge in [-0.2, -0.15) is 0 Å². The van der Waals surface area contributed by atoms with Crippen LogP contribution < -0.4 is 26.3 Å². The van der Waals surface area contributed by atoms with Crippen molar-refractivity contribution in [1.29, 1.82) is 0 Å². The molecule has 45 heavy (non-hydrogen) atoms. The Morgan fingerprint density at radius 1 is 1.00 bits per heavy atom. The van der Waals surface area contributed by atoms with Gasteiger partial charge in [0.15, 0.2) is 11.5 Å². The Morgan fingerprint density at radius 3 is 2.24 bits per heavy atom. The number of nitrogens with two attached hydrogens (primary N) is 2. The lowest BCUT2D eigenvalue weighted by molar-refractivity contribution is -0.155. The minimum absolute atomic E-state index is 0.0226. The Balaban J connectivity index is 1.89. The summed E-state index contributed by atoms with van der Waals surface area (Å²) >= 11 is 0. The second-order valence-electron chi connectivity index (χ2n) is 14.0. The van der Waals surface area contributed by atoms with Crippen molar-refractivity contribution in [3.63, 3.8) is 0 Å². The minimum atomic E-state index is -0.873. The highest BCUT2D eigenvalue weighted by atomic mass is 16.5. The third-order valence-electron chi connectivity index (χ3n) is 9.51. The number of carbonyl (C=O) groups excluding carboxylic acids is 2. The first-order chi connectivity index (χ1) is 21.2. The molecular formula is C35H61N3O7. The van der Waals surface area contributed by atoms with Crippen LogP contribution in [0.1, 0.15) is 85.6 Å². The number of amides is 1. The van der Waals surface area contributed by atoms with E-state index in [2.05, 4.69) is 19.2 Å². The number of ether oxygens (including phenoxy) is 4. The van der Waals surface area contributed by atoms with Crippen molar-refractivity contribution in [2.24, 2.45) is 40.6 Å². The highest BCUT2D eigenvalue weighted by Crippen LogP contribution is 2.39. The predicted molar refractivity (Wildman–Crippen MR) is 177 cm³/mol. The van der Waals surface area contributed by atoms with E-state index in [0.717, 1.165) is 31.2 Å². The summed E-state index contributed by atoms with van der Waals surface area (Å²) in [6, 6.07) is 4.86. The van der Waals surface area contributed by atoms with E-state index in [1.54, 1.807) is 14.2 Å². The van der Waals surface area contributed by atoms with E-state index in [1.165, 1.54) is 0 Å². The molecule has 2 rings (SSSR count). The lowest BCUT2D eigenvalue weighted by atomic mass is 9.70. The fraction of sp³-hybridized carbons (Fsp3) is 0.771. The number of esters is 1. The Labute approximate surface area is 271 Å². The van der Waals surface area contributed by atoms with Crippen LogP contribution in [-0.2, 0) is 25.5 Å². The molecule has 1 fully saturated rings. The maximum atomic E-state index is 13.3. The number of rotatable bonds is 19. The van der Waals surface area contributed by atoms with Gasteiger partial charge in [0.25, 0.3) is 0 Å². The summed E-state index contributed by atoms with van der Waals surface area (Å²) in [5.41, 5.74) is 12.9. The third kappa shape index (κ3) is 12.0. The van der Waals surface area contributed by atoms with E-state index < -0.39 is 23.6 Å². The molecule has 0 bridgehead atoms. The van der Waals surface area contributed by atoms with Gasteiger partial charge in [0.2, 0.25) is 5.91 Å². The number of benzene rings is 1. The number of aliphatic hydroxyl groups is 1. The zero-order valence-electron chi connectivity index (χ0n) is 29.0. The first-order valence-corrected chi connectivity index (χ1v) is 16.7. The van der Waals surface area contributed by atoms with Crippen LogP contribution in [0.25, 0.3) is 0 Å². The average Bonchev–Trinajstić information content (AvgIpc) is 3.01. The molecule has 6 N–H and O–H groups in total. The standard InChI is InChI=1S/C35H61N3O7/c1-22(2)25(18-24-10-15-30(43-8)31(19-24)44-17-9-16-42-7)20-28(36)29(39)21-38-34(41)35(5,6)26-11-13-27(14-12-26)45-33(40)32(37)23(3)4/h10,15,19,22-23,25-29,32,39H,9,11-14,16-18,20-21,36-37H2,1-8H3,(H,38,41)/t25?,26?,27?,28-,29?,32-/m0/s1. The predicted octanol–water partition coefficient (Wildman–Crippen LogP) is 4.23. The zero-order chi connectivity index (χ0) is 33.7. The Morgan fingerprint density at radius 2 is 1.67 bits per heavy atom. The van der Waals surface area contributed by atoms with E-state index in [9.17, 15) is 14.7 Å². The normalized spacial score (nSPS) is 19.9. The molecule has 10 heteroatoms. The Hall–Kier alpha value is -2.40. The summed E-state index contributed by atoms with van der Waals surface area (Å²) in [6.07, 6.45) is 4.10. The first-order valence-electron chi connectivity index (χ1n) is 16.7. The van der Waals surface area contributed by atoms with Gasteiger partial charge in [0, 0.05) is 38.1 Å². The molecule has 1 saturated carbocycles. The van der Waals surface area contributed by atoms with Gasteiger partial charge in [0.05, 0.1) is 19.8 Å². The third-order valence-corrected chi connectivity index (χ3v) is 9.51. The molecule has 0 radical (unpaired) electrons. The lowest BCUT2D eigenvalue weighted by Crippen LogP contribution is -2.49. The highest BCUT2D eigenvalue weighted by molar-refractivity contribution is 5.82. The average molecular weight is 636 g/mol. The molecule has 0 heterocycles. The van der Waals surface area contributed by atoms with Crippen molar-refractivity contribution < 1.29 is 33.6 Å². The number of carbonyl (C=O) groups is 2. The summed E-state index contributed by atoms with van der Waals surface area (Å²) in [5.74, 6) is 1.64. The molecule has 0 aliphatic heterocycles. The molecule has 1 aromatic rings. The van der Waals surface area contributed by atoms with Gasteiger partial charge in [-0.25, -0.2) is 0 Å². The molecule has 4 atom stereocenters. The quantitative estimate of drug-likeness (QED) is 0.129. The Bertz CT molecular complexity index is 1040. The van der Waals surface area contributed by atoms with Crippen LogP contribution >= 0.6 is 0 Å². The van der Waals surface area contributed by atoms with E-state index >= 15 is 0 Å². The van der Waals surface area contributed by atoms with Crippen LogP contribution in [0.2, 0.25) is 0 Å². The van der Waals surface area contributed by atoms with Gasteiger partial charge in [-0.3, -0.25) is 9.59 Å². The number of hydrogen-bond donors (Lipinski definition) is 4. The highest BCUT2D eigenvalue weighted by Gasteiger charge is 2.40. The molecule has 0 aromatic heterocycles. The van der Waals surface area contributed by atoms with E-state index in [4.69, 9.17) is 30.4 Å². The molecule has 1 aliphatic rings. The molecule has 10 nitrogen and oxygen atoms in total. The second-order valence-corrected chi connectivity index (χ2v) is 14.0. The summed E-state index contributed by atoms with van der Waals surface area (Å²) in [4.78, 5) is 25.6. The molecule has 1 amide bonds. The van der Waals surface area contributed by atoms with Crippen LogP contribution in [0.4, 0.5) is 0 Å². The molecule has 258 valence electrons.